The van der Waals surface area contributed by atoms with Crippen LogP contribution in [0.1, 0.15) is 32.2 Å². The van der Waals surface area contributed by atoms with E-state index in [0.29, 0.717) is 5.56 Å². The standard InChI is InChI=1S/C25H27N7O10S2/c1-25(2,3)42-15(33)10-41-29-16(19-28-24(26)44-30-19)20(34)27-17-21(35)31-18(14(39-4)11-43-22(17)31)23(36)40-9-12-5-7-13(8-6-12)32(37)38/h5-8,17,22H,9-11H2,1-4H3,(H,27,34)(H2,26,28,30)/b29-16-/t17?,22-/m1/s1. The molecule has 1 aromatic carbocycles. The number of carbonyl (C=O) groups excluding carboxylic acids is 4. The Bertz CT molecular complexity index is 1530. The summed E-state index contributed by atoms with van der Waals surface area (Å²) in [6.07, 6.45) is 0. The molecule has 234 valence electrons. The Morgan fingerprint density at radius 3 is 2.55 bits per heavy atom. The van der Waals surface area contributed by atoms with E-state index in [9.17, 15) is 29.3 Å². The van der Waals surface area contributed by atoms with E-state index in [2.05, 4.69) is 19.8 Å². The highest BCUT2D eigenvalue weighted by Crippen LogP contribution is 2.41. The molecule has 0 radical (unpaired) electrons. The number of hydrogen-bond acceptors (Lipinski definition) is 16. The molecule has 2 aromatic rings. The van der Waals surface area contributed by atoms with E-state index in [1.165, 1.54) is 43.1 Å². The van der Waals surface area contributed by atoms with E-state index >= 15 is 0 Å². The summed E-state index contributed by atoms with van der Waals surface area (Å²) in [6.45, 7) is 4.19. The topological polar surface area (TPSA) is 228 Å². The maximum absolute atomic E-state index is 13.2. The Kier molecular flexibility index (Phi) is 9.68. The number of fused-ring (bicyclic) bond motifs is 1. The molecule has 2 atom stereocenters. The zero-order valence-corrected chi connectivity index (χ0v) is 25.4. The number of β-lactam (4-membered cyclic amide) rings is 1. The van der Waals surface area contributed by atoms with Gasteiger partial charge in [0.05, 0.1) is 17.8 Å². The third-order valence-electron chi connectivity index (χ3n) is 5.80. The largest absolute Gasteiger partial charge is 0.498 e. The van der Waals surface area contributed by atoms with Crippen LogP contribution in [0.5, 0.6) is 0 Å². The number of rotatable bonds is 11. The second kappa shape index (κ2) is 13.2. The number of amides is 2. The Hall–Kier alpha value is -4.78. The minimum atomic E-state index is -1.09. The number of anilines is 1. The summed E-state index contributed by atoms with van der Waals surface area (Å²) >= 11 is 2.03. The van der Waals surface area contributed by atoms with Gasteiger partial charge in [-0.2, -0.15) is 9.36 Å². The summed E-state index contributed by atoms with van der Waals surface area (Å²) in [5.41, 5.74) is 4.69. The minimum absolute atomic E-state index is 0.0375. The van der Waals surface area contributed by atoms with Gasteiger partial charge >= 0.3 is 11.9 Å². The molecule has 17 nitrogen and oxygen atoms in total. The lowest BCUT2D eigenvalue weighted by molar-refractivity contribution is -0.384. The van der Waals surface area contributed by atoms with Crippen LogP contribution in [-0.2, 0) is 44.8 Å². The molecule has 44 heavy (non-hydrogen) atoms. The van der Waals surface area contributed by atoms with E-state index in [1.54, 1.807) is 20.8 Å². The third kappa shape index (κ3) is 7.40. The number of carbonyl (C=O) groups is 4. The first kappa shape index (κ1) is 32.1. The summed E-state index contributed by atoms with van der Waals surface area (Å²) in [6, 6.07) is 4.35. The van der Waals surface area contributed by atoms with Crippen molar-refractivity contribution in [3.05, 3.63) is 57.2 Å². The van der Waals surface area contributed by atoms with E-state index in [0.717, 1.165) is 16.4 Å². The number of nitrogens with one attached hydrogen (secondary N) is 1. The average molecular weight is 650 g/mol. The summed E-state index contributed by atoms with van der Waals surface area (Å²) in [4.78, 5) is 72.0. The van der Waals surface area contributed by atoms with Crippen LogP contribution in [0.15, 0.2) is 40.9 Å². The number of nitrogen functional groups attached to an aromatic ring is 1. The molecular formula is C25H27N7O10S2. The first-order valence-electron chi connectivity index (χ1n) is 12.7. The molecule has 0 bridgehead atoms. The van der Waals surface area contributed by atoms with Crippen molar-refractivity contribution in [1.82, 2.24) is 19.6 Å². The molecule has 1 aromatic heterocycles. The fourth-order valence-electron chi connectivity index (χ4n) is 3.91. The van der Waals surface area contributed by atoms with Gasteiger partial charge in [0, 0.05) is 23.7 Å². The first-order chi connectivity index (χ1) is 20.8. The quantitative estimate of drug-likeness (QED) is 0.114. The van der Waals surface area contributed by atoms with Crippen molar-refractivity contribution < 1.29 is 43.1 Å². The first-order valence-corrected chi connectivity index (χ1v) is 14.6. The Morgan fingerprint density at radius 2 is 1.95 bits per heavy atom. The number of non-ortho nitro benzene ring substituents is 1. The maximum atomic E-state index is 13.2. The number of nitro groups is 1. The summed E-state index contributed by atoms with van der Waals surface area (Å²) in [7, 11) is 1.34. The van der Waals surface area contributed by atoms with Crippen molar-refractivity contribution in [3.8, 4) is 0 Å². The second-order valence-electron chi connectivity index (χ2n) is 10.1. The number of esters is 2. The fraction of sp³-hybridized carbons (Fsp3) is 0.400. The number of thioether (sulfide) groups is 1. The van der Waals surface area contributed by atoms with Gasteiger partial charge in [-0.05, 0) is 38.5 Å². The number of nitrogens with two attached hydrogens (primary N) is 1. The number of hydrogen-bond donors (Lipinski definition) is 2. The second-order valence-corrected chi connectivity index (χ2v) is 12.0. The Morgan fingerprint density at radius 1 is 1.25 bits per heavy atom. The number of methoxy groups -OCH3 is 1. The molecule has 2 aliphatic rings. The summed E-state index contributed by atoms with van der Waals surface area (Å²) in [5.74, 6) is -2.93. The van der Waals surface area contributed by atoms with Crippen LogP contribution in [0.4, 0.5) is 10.8 Å². The van der Waals surface area contributed by atoms with Gasteiger partial charge in [-0.3, -0.25) is 24.6 Å². The molecule has 0 saturated carbocycles. The average Bonchev–Trinajstić information content (AvgIpc) is 3.40. The van der Waals surface area contributed by atoms with Crippen LogP contribution >= 0.6 is 23.3 Å². The molecule has 4 rings (SSSR count). The normalized spacial score (nSPS) is 18.1. The molecule has 2 aliphatic heterocycles. The van der Waals surface area contributed by atoms with Crippen LogP contribution in [0, 0.1) is 10.1 Å². The lowest BCUT2D eigenvalue weighted by Crippen LogP contribution is -2.71. The molecule has 1 fully saturated rings. The highest BCUT2D eigenvalue weighted by atomic mass is 32.2. The van der Waals surface area contributed by atoms with Crippen LogP contribution in [0.3, 0.4) is 0 Å². The predicted octanol–water partition coefficient (Wildman–Crippen LogP) is 1.09. The summed E-state index contributed by atoms with van der Waals surface area (Å²) in [5, 5.41) is 16.5. The lowest BCUT2D eigenvalue weighted by Gasteiger charge is -2.49. The predicted molar refractivity (Wildman–Crippen MR) is 155 cm³/mol. The molecule has 1 unspecified atom stereocenters. The molecule has 3 N–H and O–H groups in total. The van der Waals surface area contributed by atoms with Crippen LogP contribution in [0.25, 0.3) is 0 Å². The van der Waals surface area contributed by atoms with Crippen molar-refractivity contribution in [2.45, 2.75) is 44.4 Å². The lowest BCUT2D eigenvalue weighted by atomic mass is 10.0. The smallest absolute Gasteiger partial charge is 0.358 e. The Balaban J connectivity index is 1.45. The molecule has 0 aliphatic carbocycles. The van der Waals surface area contributed by atoms with Crippen LogP contribution < -0.4 is 11.1 Å². The fourth-order valence-corrected chi connectivity index (χ4v) is 5.66. The van der Waals surface area contributed by atoms with Gasteiger partial charge in [-0.15, -0.1) is 11.8 Å². The van der Waals surface area contributed by atoms with Crippen molar-refractivity contribution >= 4 is 63.6 Å². The molecule has 3 heterocycles. The molecule has 2 amide bonds. The zero-order valence-electron chi connectivity index (χ0n) is 23.8. The van der Waals surface area contributed by atoms with Crippen molar-refractivity contribution in [1.29, 1.82) is 0 Å². The van der Waals surface area contributed by atoms with Gasteiger partial charge in [0.1, 0.15) is 29.4 Å². The number of nitrogens with zero attached hydrogens (tertiary/aromatic N) is 5. The molecule has 1 saturated heterocycles. The number of nitro benzene ring substituents is 1. The van der Waals surface area contributed by atoms with Crippen LogP contribution in [0.2, 0.25) is 0 Å². The zero-order chi connectivity index (χ0) is 32.2. The highest BCUT2D eigenvalue weighted by Gasteiger charge is 2.55. The monoisotopic (exact) mass is 649 g/mol. The van der Waals surface area contributed by atoms with E-state index in [4.69, 9.17) is 24.8 Å². The number of oxime groups is 1. The number of benzene rings is 1. The third-order valence-corrected chi connectivity index (χ3v) is 7.60. The van der Waals surface area contributed by atoms with Gasteiger partial charge in [0.2, 0.25) is 18.1 Å². The summed E-state index contributed by atoms with van der Waals surface area (Å²) < 4.78 is 19.8. The van der Waals surface area contributed by atoms with Crippen molar-refractivity contribution in [3.63, 3.8) is 0 Å². The van der Waals surface area contributed by atoms with Gasteiger partial charge in [0.25, 0.3) is 17.5 Å². The van der Waals surface area contributed by atoms with E-state index in [1.807, 2.05) is 0 Å². The van der Waals surface area contributed by atoms with Crippen molar-refractivity contribution in [2.75, 3.05) is 25.2 Å². The van der Waals surface area contributed by atoms with Gasteiger partial charge in [0.15, 0.2) is 10.8 Å². The van der Waals surface area contributed by atoms with Crippen molar-refractivity contribution in [2.24, 2.45) is 5.16 Å². The Labute approximate surface area is 258 Å². The van der Waals surface area contributed by atoms with Gasteiger partial charge in [-0.25, -0.2) is 9.59 Å². The highest BCUT2D eigenvalue weighted by molar-refractivity contribution is 8.00. The van der Waals surface area contributed by atoms with Crippen LogP contribution in [-0.4, -0.2) is 85.1 Å². The molecular weight excluding hydrogens is 622 g/mol. The van der Waals surface area contributed by atoms with Gasteiger partial charge < -0.3 is 30.1 Å². The molecule has 19 heteroatoms. The minimum Gasteiger partial charge on any atom is -0.498 e. The number of ether oxygens (including phenoxy) is 3. The maximum Gasteiger partial charge on any atom is 0.358 e. The van der Waals surface area contributed by atoms with E-state index in [-0.39, 0.29) is 40.5 Å². The SMILES string of the molecule is COC1=C(C(=O)OCc2ccc([N+](=O)[O-])cc2)N2C(=O)C(NC(=O)/C(=N\OCC(=O)OC(C)(C)C)c3nsc(N)n3)[C@H]2SC1. The van der Waals surface area contributed by atoms with E-state index < -0.39 is 58.0 Å². The molecule has 0 spiro atoms. The van der Waals surface area contributed by atoms with Gasteiger partial charge in [-0.1, -0.05) is 5.16 Å². The number of aromatic nitrogens is 2.